The van der Waals surface area contributed by atoms with Gasteiger partial charge in [0.05, 0.1) is 22.3 Å². The molecule has 0 N–H and O–H groups in total. The molecule has 0 atom stereocenters. The lowest BCUT2D eigenvalue weighted by Crippen LogP contribution is -2.16. The minimum Gasteiger partial charge on any atom is -0.422 e. The normalized spacial score (nSPS) is 11.6. The van der Waals surface area contributed by atoms with Gasteiger partial charge in [0.15, 0.2) is 0 Å². The maximum absolute atomic E-state index is 13.4. The number of halogens is 6. The Morgan fingerprint density at radius 2 is 1.03 bits per heavy atom. The monoisotopic (exact) mass is 530 g/mol. The maximum Gasteiger partial charge on any atom is 0.419 e. The van der Waals surface area contributed by atoms with Crippen molar-refractivity contribution in [3.8, 4) is 22.6 Å². The largest absolute Gasteiger partial charge is 0.422 e. The van der Waals surface area contributed by atoms with Crippen LogP contribution in [0, 0.1) is 0 Å². The zero-order valence-corrected chi connectivity index (χ0v) is 19.1. The molecular formula is C28H16F6O4. The van der Waals surface area contributed by atoms with Gasteiger partial charge in [-0.05, 0) is 53.6 Å². The Morgan fingerprint density at radius 3 is 1.55 bits per heavy atom. The van der Waals surface area contributed by atoms with Crippen molar-refractivity contribution in [3.05, 3.63) is 119 Å². The van der Waals surface area contributed by atoms with E-state index in [2.05, 4.69) is 0 Å². The molecule has 0 aliphatic carbocycles. The van der Waals surface area contributed by atoms with Gasteiger partial charge in [-0.2, -0.15) is 26.3 Å². The lowest BCUT2D eigenvalue weighted by molar-refractivity contribution is -0.139. The van der Waals surface area contributed by atoms with Gasteiger partial charge in [-0.15, -0.1) is 0 Å². The summed E-state index contributed by atoms with van der Waals surface area (Å²) in [5, 5.41) is 0. The Morgan fingerprint density at radius 1 is 0.553 bits per heavy atom. The van der Waals surface area contributed by atoms with Crippen LogP contribution in [0.1, 0.15) is 31.8 Å². The van der Waals surface area contributed by atoms with Crippen LogP contribution in [0.15, 0.2) is 97.1 Å². The van der Waals surface area contributed by atoms with E-state index in [1.807, 2.05) is 0 Å². The average molecular weight is 530 g/mol. The Bertz CT molecular complexity index is 1480. The highest BCUT2D eigenvalue weighted by atomic mass is 19.4. The molecule has 10 heteroatoms. The molecule has 0 fully saturated rings. The number of para-hydroxylation sites is 2. The number of ether oxygens (including phenoxy) is 2. The summed E-state index contributed by atoms with van der Waals surface area (Å²) in [6.07, 6.45) is -9.55. The summed E-state index contributed by atoms with van der Waals surface area (Å²) in [4.78, 5) is 25.8. The van der Waals surface area contributed by atoms with E-state index in [1.165, 1.54) is 18.2 Å². The molecule has 0 saturated carbocycles. The number of hydrogen-bond donors (Lipinski definition) is 0. The van der Waals surface area contributed by atoms with Gasteiger partial charge in [-0.3, -0.25) is 0 Å². The fourth-order valence-electron chi connectivity index (χ4n) is 3.60. The number of carbonyl (C=O) groups is 2. The molecule has 0 radical (unpaired) electrons. The van der Waals surface area contributed by atoms with Crippen LogP contribution in [0.2, 0.25) is 0 Å². The van der Waals surface area contributed by atoms with Gasteiger partial charge in [0.1, 0.15) is 11.5 Å². The van der Waals surface area contributed by atoms with Crippen LogP contribution < -0.4 is 9.47 Å². The van der Waals surface area contributed by atoms with Gasteiger partial charge in [-0.1, -0.05) is 54.6 Å². The van der Waals surface area contributed by atoms with E-state index < -0.39 is 46.9 Å². The number of rotatable bonds is 5. The van der Waals surface area contributed by atoms with Gasteiger partial charge < -0.3 is 9.47 Å². The molecule has 0 aromatic heterocycles. The van der Waals surface area contributed by atoms with Crippen LogP contribution >= 0.6 is 0 Å². The summed E-state index contributed by atoms with van der Waals surface area (Å²) < 4.78 is 90.0. The standard InChI is InChI=1S/C28H16F6O4/c29-27(30,31)21-10-4-6-12-23(21)37-25(35)18-14-15-19(20(16-18)17-8-2-1-3-9-17)26(36)38-24-13-7-5-11-22(24)28(32,33)34/h1-16H. The van der Waals surface area contributed by atoms with E-state index in [-0.39, 0.29) is 16.7 Å². The first-order valence-corrected chi connectivity index (χ1v) is 10.9. The molecule has 0 saturated heterocycles. The first-order chi connectivity index (χ1) is 17.9. The third kappa shape index (κ3) is 5.86. The zero-order chi connectivity index (χ0) is 27.5. The van der Waals surface area contributed by atoms with Crippen molar-refractivity contribution in [3.63, 3.8) is 0 Å². The fraction of sp³-hybridized carbons (Fsp3) is 0.0714. The molecule has 0 spiro atoms. The summed E-state index contributed by atoms with van der Waals surface area (Å²) in [5.41, 5.74) is -2.20. The number of alkyl halides is 6. The minimum absolute atomic E-state index is 0.0960. The topological polar surface area (TPSA) is 52.6 Å². The predicted molar refractivity (Wildman–Crippen MR) is 125 cm³/mol. The van der Waals surface area contributed by atoms with Crippen molar-refractivity contribution >= 4 is 11.9 Å². The second-order valence-electron chi connectivity index (χ2n) is 7.89. The summed E-state index contributed by atoms with van der Waals surface area (Å²) >= 11 is 0. The number of carbonyl (C=O) groups excluding carboxylic acids is 2. The first kappa shape index (κ1) is 26.5. The smallest absolute Gasteiger partial charge is 0.419 e. The molecule has 4 rings (SSSR count). The molecule has 4 aromatic carbocycles. The molecule has 4 aromatic rings. The lowest BCUT2D eigenvalue weighted by atomic mass is 9.97. The van der Waals surface area contributed by atoms with E-state index in [0.717, 1.165) is 48.5 Å². The molecule has 0 aliphatic rings. The number of esters is 2. The maximum atomic E-state index is 13.4. The second kappa shape index (κ2) is 10.4. The van der Waals surface area contributed by atoms with Crippen molar-refractivity contribution in [2.75, 3.05) is 0 Å². The van der Waals surface area contributed by atoms with E-state index >= 15 is 0 Å². The van der Waals surface area contributed by atoms with Crippen LogP contribution in [-0.4, -0.2) is 11.9 Å². The van der Waals surface area contributed by atoms with Crippen molar-refractivity contribution in [1.82, 2.24) is 0 Å². The average Bonchev–Trinajstić information content (AvgIpc) is 2.88. The molecule has 4 nitrogen and oxygen atoms in total. The van der Waals surface area contributed by atoms with Crippen molar-refractivity contribution in [2.45, 2.75) is 12.4 Å². The number of benzene rings is 4. The van der Waals surface area contributed by atoms with Crippen molar-refractivity contribution in [1.29, 1.82) is 0 Å². The van der Waals surface area contributed by atoms with Gasteiger partial charge in [-0.25, -0.2) is 9.59 Å². The fourth-order valence-corrected chi connectivity index (χ4v) is 3.60. The zero-order valence-electron chi connectivity index (χ0n) is 19.1. The molecule has 0 aliphatic heterocycles. The molecule has 0 unspecified atom stereocenters. The van der Waals surface area contributed by atoms with Crippen LogP contribution in [0.25, 0.3) is 11.1 Å². The van der Waals surface area contributed by atoms with Gasteiger partial charge in [0.2, 0.25) is 0 Å². The Kier molecular flexibility index (Phi) is 7.25. The second-order valence-corrected chi connectivity index (χ2v) is 7.89. The summed E-state index contributed by atoms with van der Waals surface area (Å²) in [6, 6.07) is 19.8. The third-order valence-corrected chi connectivity index (χ3v) is 5.35. The molecule has 38 heavy (non-hydrogen) atoms. The summed E-state index contributed by atoms with van der Waals surface area (Å²) in [7, 11) is 0. The van der Waals surface area contributed by atoms with E-state index in [4.69, 9.17) is 9.47 Å². The Labute approximate surface area is 212 Å². The van der Waals surface area contributed by atoms with Crippen LogP contribution in [0.4, 0.5) is 26.3 Å². The molecule has 0 heterocycles. The van der Waals surface area contributed by atoms with E-state index in [9.17, 15) is 35.9 Å². The molecular weight excluding hydrogens is 514 g/mol. The summed E-state index contributed by atoms with van der Waals surface area (Å²) in [5.74, 6) is -3.70. The Hall–Kier alpha value is -4.60. The van der Waals surface area contributed by atoms with Crippen molar-refractivity contribution < 1.29 is 45.4 Å². The van der Waals surface area contributed by atoms with Gasteiger partial charge in [0.25, 0.3) is 0 Å². The SMILES string of the molecule is O=C(Oc1ccccc1C(F)(F)F)c1ccc(C(=O)Oc2ccccc2C(F)(F)F)c(-c2ccccc2)c1. The predicted octanol–water partition coefficient (Wildman–Crippen LogP) is 7.83. The van der Waals surface area contributed by atoms with E-state index in [1.54, 1.807) is 30.3 Å². The molecule has 194 valence electrons. The van der Waals surface area contributed by atoms with Gasteiger partial charge in [0, 0.05) is 0 Å². The highest BCUT2D eigenvalue weighted by Crippen LogP contribution is 2.38. The quantitative estimate of drug-likeness (QED) is 0.150. The van der Waals surface area contributed by atoms with Crippen LogP contribution in [0.5, 0.6) is 11.5 Å². The molecule has 0 bridgehead atoms. The van der Waals surface area contributed by atoms with Crippen molar-refractivity contribution in [2.24, 2.45) is 0 Å². The Balaban J connectivity index is 1.71. The summed E-state index contributed by atoms with van der Waals surface area (Å²) in [6.45, 7) is 0. The third-order valence-electron chi connectivity index (χ3n) is 5.35. The van der Waals surface area contributed by atoms with Crippen LogP contribution in [-0.2, 0) is 12.4 Å². The first-order valence-electron chi connectivity index (χ1n) is 10.9. The van der Waals surface area contributed by atoms with Crippen LogP contribution in [0.3, 0.4) is 0 Å². The lowest BCUT2D eigenvalue weighted by Gasteiger charge is -2.15. The minimum atomic E-state index is -4.78. The highest BCUT2D eigenvalue weighted by Gasteiger charge is 2.36. The van der Waals surface area contributed by atoms with Gasteiger partial charge >= 0.3 is 24.3 Å². The van der Waals surface area contributed by atoms with E-state index in [0.29, 0.717) is 5.56 Å². The number of hydrogen-bond acceptors (Lipinski definition) is 4. The molecule has 0 amide bonds. The highest BCUT2D eigenvalue weighted by molar-refractivity contribution is 6.01.